The van der Waals surface area contributed by atoms with E-state index in [1.807, 2.05) is 0 Å². The van der Waals surface area contributed by atoms with Gasteiger partial charge in [0.25, 0.3) is 11.6 Å². The Hall–Kier alpha value is -3.42. The van der Waals surface area contributed by atoms with E-state index in [1.165, 1.54) is 18.2 Å². The number of H-pyrrole nitrogens is 1. The topological polar surface area (TPSA) is 101 Å². The van der Waals surface area contributed by atoms with Crippen LogP contribution in [0.4, 0.5) is 11.4 Å². The van der Waals surface area contributed by atoms with Crippen LogP contribution in [0, 0.1) is 10.1 Å². The molecule has 0 atom stereocenters. The second kappa shape index (κ2) is 7.54. The molecule has 4 aromatic rings. The molecule has 0 radical (unpaired) electrons. The van der Waals surface area contributed by atoms with Crippen molar-refractivity contribution in [3.63, 3.8) is 0 Å². The highest BCUT2D eigenvalue weighted by Gasteiger charge is 2.12. The molecule has 0 aliphatic carbocycles. The first-order valence-corrected chi connectivity index (χ1v) is 9.17. The first-order valence-electron chi connectivity index (χ1n) is 8.42. The minimum atomic E-state index is -0.453. The number of hydrogen-bond acceptors (Lipinski definition) is 4. The molecule has 0 aliphatic heterocycles. The Morgan fingerprint density at radius 3 is 2.45 bits per heavy atom. The van der Waals surface area contributed by atoms with Crippen molar-refractivity contribution in [1.82, 2.24) is 9.97 Å². The Bertz CT molecular complexity index is 1250. The van der Waals surface area contributed by atoms with E-state index in [-0.39, 0.29) is 11.6 Å². The number of nitrogens with one attached hydrogen (secondary N) is 2. The van der Waals surface area contributed by atoms with Gasteiger partial charge in [0.2, 0.25) is 0 Å². The summed E-state index contributed by atoms with van der Waals surface area (Å²) in [6, 6.07) is 16.2. The van der Waals surface area contributed by atoms with Gasteiger partial charge in [-0.15, -0.1) is 0 Å². The maximum atomic E-state index is 12.4. The molecule has 0 saturated carbocycles. The second-order valence-electron chi connectivity index (χ2n) is 6.20. The minimum Gasteiger partial charge on any atom is -0.338 e. The van der Waals surface area contributed by atoms with Gasteiger partial charge in [0.15, 0.2) is 0 Å². The van der Waals surface area contributed by atoms with Crippen LogP contribution in [-0.2, 0) is 0 Å². The van der Waals surface area contributed by atoms with Crippen LogP contribution < -0.4 is 5.32 Å². The lowest BCUT2D eigenvalue weighted by molar-refractivity contribution is -0.384. The summed E-state index contributed by atoms with van der Waals surface area (Å²) >= 11 is 11.8. The number of anilines is 1. The third-order valence-corrected chi connectivity index (χ3v) is 5.01. The fourth-order valence-electron chi connectivity index (χ4n) is 2.80. The molecule has 1 amide bonds. The van der Waals surface area contributed by atoms with Crippen LogP contribution in [-0.4, -0.2) is 20.8 Å². The maximum Gasteiger partial charge on any atom is 0.271 e. The van der Waals surface area contributed by atoms with Gasteiger partial charge in [0.1, 0.15) is 5.82 Å². The first kappa shape index (κ1) is 18.9. The van der Waals surface area contributed by atoms with Crippen LogP contribution in [0.2, 0.25) is 10.0 Å². The number of benzene rings is 3. The van der Waals surface area contributed by atoms with Crippen LogP contribution in [0.15, 0.2) is 60.7 Å². The molecule has 1 aromatic heterocycles. The number of imidazole rings is 1. The van der Waals surface area contributed by atoms with Gasteiger partial charge in [-0.05, 0) is 48.5 Å². The molecule has 144 valence electrons. The first-order chi connectivity index (χ1) is 13.9. The molecule has 7 nitrogen and oxygen atoms in total. The van der Waals surface area contributed by atoms with Crippen LogP contribution in [0.3, 0.4) is 0 Å². The van der Waals surface area contributed by atoms with Crippen molar-refractivity contribution >= 4 is 51.5 Å². The molecule has 3 aromatic carbocycles. The Morgan fingerprint density at radius 2 is 1.76 bits per heavy atom. The van der Waals surface area contributed by atoms with Crippen LogP contribution >= 0.6 is 23.2 Å². The van der Waals surface area contributed by atoms with Gasteiger partial charge in [-0.1, -0.05) is 23.2 Å². The summed E-state index contributed by atoms with van der Waals surface area (Å²) in [4.78, 5) is 30.3. The lowest BCUT2D eigenvalue weighted by Crippen LogP contribution is -2.11. The summed E-state index contributed by atoms with van der Waals surface area (Å²) < 4.78 is 0. The highest BCUT2D eigenvalue weighted by Crippen LogP contribution is 2.26. The van der Waals surface area contributed by atoms with E-state index >= 15 is 0 Å². The zero-order valence-corrected chi connectivity index (χ0v) is 16.2. The van der Waals surface area contributed by atoms with Gasteiger partial charge in [-0.2, -0.15) is 0 Å². The number of rotatable bonds is 4. The Labute approximate surface area is 174 Å². The molecule has 0 aliphatic rings. The molecule has 0 fully saturated rings. The van der Waals surface area contributed by atoms with Crippen molar-refractivity contribution in [2.24, 2.45) is 0 Å². The van der Waals surface area contributed by atoms with Gasteiger partial charge in [0.05, 0.1) is 26.0 Å². The third-order valence-electron chi connectivity index (χ3n) is 4.27. The van der Waals surface area contributed by atoms with Gasteiger partial charge in [-0.25, -0.2) is 4.98 Å². The van der Waals surface area contributed by atoms with Gasteiger partial charge < -0.3 is 10.3 Å². The summed E-state index contributed by atoms with van der Waals surface area (Å²) in [5.41, 5.74) is 2.96. The Morgan fingerprint density at radius 1 is 1.00 bits per heavy atom. The lowest BCUT2D eigenvalue weighted by atomic mass is 10.1. The number of carbonyl (C=O) groups excluding carboxylic acids is 1. The van der Waals surface area contributed by atoms with Crippen molar-refractivity contribution < 1.29 is 9.72 Å². The fraction of sp³-hybridized carbons (Fsp3) is 0. The third kappa shape index (κ3) is 3.91. The van der Waals surface area contributed by atoms with E-state index in [2.05, 4.69) is 15.3 Å². The molecule has 1 heterocycles. The summed E-state index contributed by atoms with van der Waals surface area (Å²) in [5, 5.41) is 14.4. The molecule has 2 N–H and O–H groups in total. The maximum absolute atomic E-state index is 12.4. The van der Waals surface area contributed by atoms with E-state index in [9.17, 15) is 14.9 Å². The number of nitro benzene ring substituents is 1. The quantitative estimate of drug-likeness (QED) is 0.322. The number of nitrogens with zero attached hydrogens (tertiary/aromatic N) is 2. The largest absolute Gasteiger partial charge is 0.338 e. The smallest absolute Gasteiger partial charge is 0.271 e. The Balaban J connectivity index is 1.54. The molecule has 0 unspecified atom stereocenters. The van der Waals surface area contributed by atoms with Crippen molar-refractivity contribution in [2.75, 3.05) is 5.32 Å². The average Bonchev–Trinajstić information content (AvgIpc) is 3.13. The number of hydrogen-bond donors (Lipinski definition) is 2. The van der Waals surface area contributed by atoms with E-state index in [0.717, 1.165) is 5.56 Å². The van der Waals surface area contributed by atoms with Gasteiger partial charge >= 0.3 is 0 Å². The zero-order chi connectivity index (χ0) is 20.5. The van der Waals surface area contributed by atoms with Crippen LogP contribution in [0.1, 0.15) is 10.4 Å². The van der Waals surface area contributed by atoms with Crippen molar-refractivity contribution in [3.05, 3.63) is 86.4 Å². The predicted octanol–water partition coefficient (Wildman–Crippen LogP) is 5.70. The second-order valence-corrected chi connectivity index (χ2v) is 7.02. The monoisotopic (exact) mass is 426 g/mol. The van der Waals surface area contributed by atoms with Gasteiger partial charge in [-0.3, -0.25) is 14.9 Å². The van der Waals surface area contributed by atoms with E-state index in [0.29, 0.717) is 38.2 Å². The van der Waals surface area contributed by atoms with Crippen molar-refractivity contribution in [2.45, 2.75) is 0 Å². The summed E-state index contributed by atoms with van der Waals surface area (Å²) in [5.74, 6) is 0.259. The number of non-ortho nitro benzene ring substituents is 1. The SMILES string of the molecule is O=C(Nc1ccc(-c2nc3ccc([N+](=O)[O-])cc3[nH]2)cc1)c1ccc(Cl)c(Cl)c1. The van der Waals surface area contributed by atoms with Gasteiger partial charge in [0, 0.05) is 28.9 Å². The van der Waals surface area contributed by atoms with E-state index < -0.39 is 4.92 Å². The van der Waals surface area contributed by atoms with E-state index in [4.69, 9.17) is 23.2 Å². The Kier molecular flexibility index (Phi) is 4.92. The number of halogens is 2. The summed E-state index contributed by atoms with van der Waals surface area (Å²) in [7, 11) is 0. The number of carbonyl (C=O) groups is 1. The van der Waals surface area contributed by atoms with Crippen LogP contribution in [0.25, 0.3) is 22.4 Å². The average molecular weight is 427 g/mol. The molecule has 0 spiro atoms. The fourth-order valence-corrected chi connectivity index (χ4v) is 3.10. The van der Waals surface area contributed by atoms with Crippen molar-refractivity contribution in [3.8, 4) is 11.4 Å². The molecular formula is C20H12Cl2N4O3. The molecule has 29 heavy (non-hydrogen) atoms. The normalized spacial score (nSPS) is 10.8. The summed E-state index contributed by atoms with van der Waals surface area (Å²) in [6.07, 6.45) is 0. The predicted molar refractivity (Wildman–Crippen MR) is 113 cm³/mol. The van der Waals surface area contributed by atoms with Crippen LogP contribution in [0.5, 0.6) is 0 Å². The highest BCUT2D eigenvalue weighted by atomic mass is 35.5. The highest BCUT2D eigenvalue weighted by molar-refractivity contribution is 6.42. The molecular weight excluding hydrogens is 415 g/mol. The number of aromatic amines is 1. The summed E-state index contributed by atoms with van der Waals surface area (Å²) in [6.45, 7) is 0. The zero-order valence-electron chi connectivity index (χ0n) is 14.6. The molecule has 9 heteroatoms. The lowest BCUT2D eigenvalue weighted by Gasteiger charge is -2.07. The number of fused-ring (bicyclic) bond motifs is 1. The standard InChI is InChI=1S/C20H12Cl2N4O3/c21-15-7-3-12(9-16(15)22)20(27)23-13-4-1-11(2-5-13)19-24-17-8-6-14(26(28)29)10-18(17)25-19/h1-10H,(H,23,27)(H,24,25). The van der Waals surface area contributed by atoms with Crippen molar-refractivity contribution in [1.29, 1.82) is 0 Å². The number of aromatic nitrogens is 2. The molecule has 0 saturated heterocycles. The van der Waals surface area contributed by atoms with E-state index in [1.54, 1.807) is 42.5 Å². The molecule has 0 bridgehead atoms. The molecule has 4 rings (SSSR count). The minimum absolute atomic E-state index is 0.00642. The number of nitro groups is 1. The number of amides is 1.